The molecular formula is C16H23N3O2S. The van der Waals surface area contributed by atoms with Gasteiger partial charge in [-0.25, -0.2) is 4.98 Å². The molecule has 2 fully saturated rings. The van der Waals surface area contributed by atoms with Crippen LogP contribution in [-0.4, -0.2) is 40.8 Å². The minimum absolute atomic E-state index is 0.0146. The fraction of sp³-hybridized carbons (Fsp3) is 0.688. The molecule has 3 rings (SSSR count). The van der Waals surface area contributed by atoms with Gasteiger partial charge >= 0.3 is 0 Å². The molecule has 1 aromatic heterocycles. The van der Waals surface area contributed by atoms with E-state index in [9.17, 15) is 9.59 Å². The van der Waals surface area contributed by atoms with Crippen LogP contribution in [0.3, 0.4) is 0 Å². The summed E-state index contributed by atoms with van der Waals surface area (Å²) in [4.78, 5) is 30.7. The van der Waals surface area contributed by atoms with Crippen LogP contribution in [0.5, 0.6) is 0 Å². The SMILES string of the molecule is Cc1nc(CCNC(=O)[C@@H]2CC(=O)N(C3CCCC3)C2)cs1. The first-order chi connectivity index (χ1) is 10.6. The van der Waals surface area contributed by atoms with E-state index in [-0.39, 0.29) is 17.7 Å². The van der Waals surface area contributed by atoms with Crippen molar-refractivity contribution in [1.82, 2.24) is 15.2 Å². The van der Waals surface area contributed by atoms with Crippen LogP contribution in [0, 0.1) is 12.8 Å². The highest BCUT2D eigenvalue weighted by atomic mass is 32.1. The summed E-state index contributed by atoms with van der Waals surface area (Å²) < 4.78 is 0. The Balaban J connectivity index is 1.45. The van der Waals surface area contributed by atoms with Crippen molar-refractivity contribution in [2.24, 2.45) is 5.92 Å². The zero-order valence-electron chi connectivity index (χ0n) is 13.0. The van der Waals surface area contributed by atoms with Gasteiger partial charge in [0.2, 0.25) is 11.8 Å². The third-order valence-electron chi connectivity index (χ3n) is 4.64. The standard InChI is InChI=1S/C16H23N3O2S/c1-11-18-13(10-22-11)6-7-17-16(21)12-8-15(20)19(9-12)14-4-2-3-5-14/h10,12,14H,2-9H2,1H3,(H,17,21)/t12-/m1/s1. The van der Waals surface area contributed by atoms with Gasteiger partial charge in [0.15, 0.2) is 0 Å². The van der Waals surface area contributed by atoms with Crippen LogP contribution >= 0.6 is 11.3 Å². The molecule has 2 amide bonds. The van der Waals surface area contributed by atoms with Gasteiger partial charge in [-0.05, 0) is 19.8 Å². The van der Waals surface area contributed by atoms with Gasteiger partial charge < -0.3 is 10.2 Å². The van der Waals surface area contributed by atoms with E-state index in [1.807, 2.05) is 17.2 Å². The molecule has 2 aliphatic rings. The van der Waals surface area contributed by atoms with Gasteiger partial charge in [-0.15, -0.1) is 11.3 Å². The highest BCUT2D eigenvalue weighted by Gasteiger charge is 2.38. The number of nitrogens with one attached hydrogen (secondary N) is 1. The third-order valence-corrected chi connectivity index (χ3v) is 5.46. The number of aryl methyl sites for hydroxylation is 1. The van der Waals surface area contributed by atoms with E-state index < -0.39 is 0 Å². The zero-order chi connectivity index (χ0) is 15.5. The largest absolute Gasteiger partial charge is 0.355 e. The summed E-state index contributed by atoms with van der Waals surface area (Å²) in [5, 5.41) is 6.04. The molecule has 1 aromatic rings. The van der Waals surface area contributed by atoms with Crippen molar-refractivity contribution in [2.75, 3.05) is 13.1 Å². The number of nitrogens with zero attached hydrogens (tertiary/aromatic N) is 2. The number of aromatic nitrogens is 1. The maximum Gasteiger partial charge on any atom is 0.225 e. The lowest BCUT2D eigenvalue weighted by Crippen LogP contribution is -2.37. The molecule has 0 spiro atoms. The van der Waals surface area contributed by atoms with Crippen molar-refractivity contribution in [2.45, 2.75) is 51.5 Å². The van der Waals surface area contributed by atoms with E-state index in [0.29, 0.717) is 25.6 Å². The number of amides is 2. The maximum atomic E-state index is 12.2. The van der Waals surface area contributed by atoms with Gasteiger partial charge in [-0.2, -0.15) is 0 Å². The second kappa shape index (κ2) is 6.77. The van der Waals surface area contributed by atoms with Crippen molar-refractivity contribution in [1.29, 1.82) is 0 Å². The minimum atomic E-state index is -0.176. The molecule has 6 heteroatoms. The zero-order valence-corrected chi connectivity index (χ0v) is 13.8. The molecule has 1 saturated carbocycles. The van der Waals surface area contributed by atoms with Gasteiger partial charge in [-0.3, -0.25) is 9.59 Å². The molecule has 1 aliphatic carbocycles. The van der Waals surface area contributed by atoms with Crippen molar-refractivity contribution < 1.29 is 9.59 Å². The van der Waals surface area contributed by atoms with E-state index in [2.05, 4.69) is 10.3 Å². The highest BCUT2D eigenvalue weighted by Crippen LogP contribution is 2.29. The van der Waals surface area contributed by atoms with Crippen molar-refractivity contribution in [3.8, 4) is 0 Å². The van der Waals surface area contributed by atoms with Crippen LogP contribution in [0.4, 0.5) is 0 Å². The quantitative estimate of drug-likeness (QED) is 0.901. The summed E-state index contributed by atoms with van der Waals surface area (Å²) in [6.45, 7) is 3.18. The van der Waals surface area contributed by atoms with Crippen LogP contribution in [0.2, 0.25) is 0 Å². The lowest BCUT2D eigenvalue weighted by atomic mass is 10.1. The summed E-state index contributed by atoms with van der Waals surface area (Å²) >= 11 is 1.63. The molecule has 2 heterocycles. The summed E-state index contributed by atoms with van der Waals surface area (Å²) in [6.07, 6.45) is 5.74. The molecule has 5 nitrogen and oxygen atoms in total. The van der Waals surface area contributed by atoms with E-state index >= 15 is 0 Å². The third kappa shape index (κ3) is 3.48. The summed E-state index contributed by atoms with van der Waals surface area (Å²) in [6, 6.07) is 0.378. The Kier molecular flexibility index (Phi) is 4.76. The average molecular weight is 321 g/mol. The Bertz CT molecular complexity index is 551. The Labute approximate surface area is 135 Å². The summed E-state index contributed by atoms with van der Waals surface area (Å²) in [7, 11) is 0. The Morgan fingerprint density at radius 1 is 1.45 bits per heavy atom. The van der Waals surface area contributed by atoms with Gasteiger partial charge in [0.1, 0.15) is 0 Å². The molecule has 1 atom stereocenters. The normalized spacial score (nSPS) is 22.5. The summed E-state index contributed by atoms with van der Waals surface area (Å²) in [5.41, 5.74) is 1.03. The molecule has 0 radical (unpaired) electrons. The maximum absolute atomic E-state index is 12.2. The lowest BCUT2D eigenvalue weighted by molar-refractivity contribution is -0.130. The van der Waals surface area contributed by atoms with Crippen molar-refractivity contribution in [3.05, 3.63) is 16.1 Å². The number of hydrogen-bond donors (Lipinski definition) is 1. The fourth-order valence-electron chi connectivity index (χ4n) is 3.46. The predicted molar refractivity (Wildman–Crippen MR) is 85.6 cm³/mol. The van der Waals surface area contributed by atoms with Crippen LogP contribution in [0.15, 0.2) is 5.38 Å². The van der Waals surface area contributed by atoms with Gasteiger partial charge in [-0.1, -0.05) is 12.8 Å². The Morgan fingerprint density at radius 2 is 2.23 bits per heavy atom. The molecule has 0 aromatic carbocycles. The second-order valence-electron chi connectivity index (χ2n) is 6.28. The van der Waals surface area contributed by atoms with Crippen LogP contribution in [0.1, 0.15) is 42.8 Å². The number of rotatable bonds is 5. The van der Waals surface area contributed by atoms with Crippen molar-refractivity contribution in [3.63, 3.8) is 0 Å². The minimum Gasteiger partial charge on any atom is -0.355 e. The molecule has 0 bridgehead atoms. The molecular weight excluding hydrogens is 298 g/mol. The summed E-state index contributed by atoms with van der Waals surface area (Å²) in [5.74, 6) is -0.00626. The predicted octanol–water partition coefficient (Wildman–Crippen LogP) is 1.90. The molecule has 22 heavy (non-hydrogen) atoms. The molecule has 1 aliphatic heterocycles. The van der Waals surface area contributed by atoms with Crippen LogP contribution in [-0.2, 0) is 16.0 Å². The first-order valence-corrected chi connectivity index (χ1v) is 8.99. The number of hydrogen-bond acceptors (Lipinski definition) is 4. The smallest absolute Gasteiger partial charge is 0.225 e. The number of carbonyl (C=O) groups is 2. The fourth-order valence-corrected chi connectivity index (χ4v) is 4.10. The van der Waals surface area contributed by atoms with Crippen LogP contribution < -0.4 is 5.32 Å². The second-order valence-corrected chi connectivity index (χ2v) is 7.35. The Hall–Kier alpha value is -1.43. The number of thiazole rings is 1. The first kappa shape index (κ1) is 15.5. The monoisotopic (exact) mass is 321 g/mol. The van der Waals surface area contributed by atoms with E-state index in [1.165, 1.54) is 12.8 Å². The van der Waals surface area contributed by atoms with E-state index in [1.54, 1.807) is 11.3 Å². The van der Waals surface area contributed by atoms with Gasteiger partial charge in [0.25, 0.3) is 0 Å². The van der Waals surface area contributed by atoms with Gasteiger partial charge in [0, 0.05) is 37.4 Å². The van der Waals surface area contributed by atoms with Crippen molar-refractivity contribution >= 4 is 23.2 Å². The first-order valence-electron chi connectivity index (χ1n) is 8.11. The highest BCUT2D eigenvalue weighted by molar-refractivity contribution is 7.09. The molecule has 1 saturated heterocycles. The van der Waals surface area contributed by atoms with Crippen LogP contribution in [0.25, 0.3) is 0 Å². The van der Waals surface area contributed by atoms with E-state index in [4.69, 9.17) is 0 Å². The Morgan fingerprint density at radius 3 is 2.91 bits per heavy atom. The topological polar surface area (TPSA) is 62.3 Å². The van der Waals surface area contributed by atoms with E-state index in [0.717, 1.165) is 30.0 Å². The lowest BCUT2D eigenvalue weighted by Gasteiger charge is -2.23. The number of likely N-dealkylation sites (tertiary alicyclic amines) is 1. The average Bonchev–Trinajstić information content (AvgIpc) is 3.19. The molecule has 0 unspecified atom stereocenters. The molecule has 1 N–H and O–H groups in total. The van der Waals surface area contributed by atoms with Gasteiger partial charge in [0.05, 0.1) is 16.6 Å². The molecule has 120 valence electrons. The number of carbonyl (C=O) groups excluding carboxylic acids is 2.